The van der Waals surface area contributed by atoms with Crippen molar-refractivity contribution >= 4 is 70.1 Å². The van der Waals surface area contributed by atoms with E-state index in [-0.39, 0.29) is 27.9 Å². The van der Waals surface area contributed by atoms with Crippen LogP contribution in [0.25, 0.3) is 23.1 Å². The minimum absolute atomic E-state index is 0.0479. The van der Waals surface area contributed by atoms with Crippen LogP contribution >= 0.6 is 35.1 Å². The molecular formula is C26H26ClNO4S2. The highest BCUT2D eigenvalue weighted by Crippen LogP contribution is 2.45. The third kappa shape index (κ3) is 8.08. The quantitative estimate of drug-likeness (QED) is 0.260. The van der Waals surface area contributed by atoms with Crippen LogP contribution in [0.3, 0.4) is 0 Å². The molecule has 178 valence electrons. The van der Waals surface area contributed by atoms with Crippen LogP contribution in [0.15, 0.2) is 54.6 Å². The first-order valence-corrected chi connectivity index (χ1v) is 13.0. The molecule has 2 aromatic carbocycles. The lowest BCUT2D eigenvalue weighted by atomic mass is 10.1. The first kappa shape index (κ1) is 26.1. The molecule has 0 fully saturated rings. The molecule has 1 heterocycles. The number of hydrogen-bond acceptors (Lipinski definition) is 5. The summed E-state index contributed by atoms with van der Waals surface area (Å²) in [6.45, 7) is 3.77. The number of thioether (sulfide) groups is 2. The first-order chi connectivity index (χ1) is 16.2. The van der Waals surface area contributed by atoms with Gasteiger partial charge >= 0.3 is 11.9 Å². The van der Waals surface area contributed by atoms with Crippen molar-refractivity contribution in [3.8, 4) is 0 Å². The number of carbonyl (C=O) groups is 2. The molecule has 3 rings (SSSR count). The van der Waals surface area contributed by atoms with Crippen LogP contribution in [0.2, 0.25) is 5.02 Å². The van der Waals surface area contributed by atoms with Gasteiger partial charge in [0.1, 0.15) is 0 Å². The fourth-order valence-corrected chi connectivity index (χ4v) is 6.88. The van der Waals surface area contributed by atoms with Crippen LogP contribution in [0.1, 0.15) is 48.1 Å². The molecule has 2 atom stereocenters. The van der Waals surface area contributed by atoms with Gasteiger partial charge in [-0.15, -0.1) is 23.5 Å². The van der Waals surface area contributed by atoms with Gasteiger partial charge in [-0.3, -0.25) is 9.59 Å². The summed E-state index contributed by atoms with van der Waals surface area (Å²) in [7, 11) is 0. The third-order valence-electron chi connectivity index (χ3n) is 4.94. The van der Waals surface area contributed by atoms with Gasteiger partial charge in [-0.25, -0.2) is 4.98 Å². The molecule has 0 aliphatic rings. The summed E-state index contributed by atoms with van der Waals surface area (Å²) in [6.07, 6.45) is 4.02. The van der Waals surface area contributed by atoms with E-state index in [1.165, 1.54) is 0 Å². The summed E-state index contributed by atoms with van der Waals surface area (Å²) in [4.78, 5) is 27.0. The van der Waals surface area contributed by atoms with Crippen molar-refractivity contribution in [1.29, 1.82) is 0 Å². The van der Waals surface area contributed by atoms with Crippen molar-refractivity contribution in [2.75, 3.05) is 0 Å². The zero-order valence-corrected chi connectivity index (χ0v) is 21.2. The van der Waals surface area contributed by atoms with E-state index in [1.54, 1.807) is 23.5 Å². The van der Waals surface area contributed by atoms with E-state index >= 15 is 0 Å². The van der Waals surface area contributed by atoms with E-state index in [0.717, 1.165) is 27.7 Å². The largest absolute Gasteiger partial charge is 0.481 e. The maximum absolute atomic E-state index is 11.1. The summed E-state index contributed by atoms with van der Waals surface area (Å²) >= 11 is 9.19. The van der Waals surface area contributed by atoms with Crippen molar-refractivity contribution < 1.29 is 19.8 Å². The van der Waals surface area contributed by atoms with Gasteiger partial charge in [0.15, 0.2) is 0 Å². The molecule has 2 unspecified atom stereocenters. The number of carboxylic acids is 2. The highest BCUT2D eigenvalue weighted by Gasteiger charge is 2.22. The standard InChI is InChI=1S/C26H26ClNO4S2/c1-16(12-24(29)30)33-26(34-17(2)13-25(31)32)20-5-3-4-18(14-20)6-10-22-11-8-19-7-9-21(27)15-23(19)28-22/h3-11,14-17,26H,12-13H2,1-2H3,(H,29,30)(H,31,32). The minimum Gasteiger partial charge on any atom is -0.481 e. The number of aliphatic carboxylic acids is 2. The van der Waals surface area contributed by atoms with Crippen molar-refractivity contribution in [2.24, 2.45) is 0 Å². The van der Waals surface area contributed by atoms with Crippen LogP contribution in [0.5, 0.6) is 0 Å². The van der Waals surface area contributed by atoms with Gasteiger partial charge in [-0.05, 0) is 41.5 Å². The minimum atomic E-state index is -0.844. The fourth-order valence-electron chi connectivity index (χ4n) is 3.39. The van der Waals surface area contributed by atoms with Crippen molar-refractivity contribution in [2.45, 2.75) is 41.8 Å². The van der Waals surface area contributed by atoms with E-state index in [2.05, 4.69) is 11.1 Å². The first-order valence-electron chi connectivity index (χ1n) is 10.8. The van der Waals surface area contributed by atoms with Crippen LogP contribution in [0.4, 0.5) is 0 Å². The van der Waals surface area contributed by atoms with E-state index in [0.29, 0.717) is 5.02 Å². The van der Waals surface area contributed by atoms with Crippen LogP contribution < -0.4 is 0 Å². The molecule has 0 aliphatic heterocycles. The number of fused-ring (bicyclic) bond motifs is 1. The molecule has 2 N–H and O–H groups in total. The zero-order chi connectivity index (χ0) is 24.7. The molecule has 0 radical (unpaired) electrons. The Morgan fingerprint density at radius 3 is 2.24 bits per heavy atom. The van der Waals surface area contributed by atoms with Gasteiger partial charge in [-0.1, -0.05) is 61.9 Å². The Morgan fingerprint density at radius 2 is 1.59 bits per heavy atom. The monoisotopic (exact) mass is 515 g/mol. The Balaban J connectivity index is 1.82. The lowest BCUT2D eigenvalue weighted by molar-refractivity contribution is -0.137. The molecule has 34 heavy (non-hydrogen) atoms. The lowest BCUT2D eigenvalue weighted by Crippen LogP contribution is -2.11. The highest BCUT2D eigenvalue weighted by atomic mass is 35.5. The Hall–Kier alpha value is -2.48. The molecular weight excluding hydrogens is 490 g/mol. The third-order valence-corrected chi connectivity index (χ3v) is 8.14. The molecule has 3 aromatic rings. The average Bonchev–Trinajstić information content (AvgIpc) is 2.76. The molecule has 5 nitrogen and oxygen atoms in total. The molecule has 0 aliphatic carbocycles. The Bertz CT molecular complexity index is 1180. The summed E-state index contributed by atoms with van der Waals surface area (Å²) < 4.78 is -0.0852. The predicted molar refractivity (Wildman–Crippen MR) is 143 cm³/mol. The number of halogens is 1. The summed E-state index contributed by atoms with van der Waals surface area (Å²) in [6, 6.07) is 17.6. The molecule has 0 spiro atoms. The summed E-state index contributed by atoms with van der Waals surface area (Å²) in [5, 5.41) is 19.7. The smallest absolute Gasteiger partial charge is 0.304 e. The number of pyridine rings is 1. The number of aromatic nitrogens is 1. The lowest BCUT2D eigenvalue weighted by Gasteiger charge is -2.23. The Labute approximate surface area is 212 Å². The van der Waals surface area contributed by atoms with Gasteiger partial charge in [0, 0.05) is 20.9 Å². The highest BCUT2D eigenvalue weighted by molar-refractivity contribution is 8.16. The van der Waals surface area contributed by atoms with Crippen molar-refractivity contribution in [1.82, 2.24) is 4.98 Å². The Kier molecular flexibility index (Phi) is 9.45. The predicted octanol–water partition coefficient (Wildman–Crippen LogP) is 7.25. The van der Waals surface area contributed by atoms with Gasteiger partial charge in [0.2, 0.25) is 0 Å². The number of carboxylic acid groups (broad SMARTS) is 2. The van der Waals surface area contributed by atoms with Gasteiger partial charge < -0.3 is 10.2 Å². The molecule has 0 bridgehead atoms. The molecule has 0 saturated heterocycles. The fraction of sp³-hybridized carbons (Fsp3) is 0.269. The topological polar surface area (TPSA) is 87.5 Å². The second kappa shape index (κ2) is 12.3. The number of nitrogens with zero attached hydrogens (tertiary/aromatic N) is 1. The van der Waals surface area contributed by atoms with Gasteiger partial charge in [-0.2, -0.15) is 0 Å². The van der Waals surface area contributed by atoms with Gasteiger partial charge in [0.05, 0.1) is 28.6 Å². The van der Waals surface area contributed by atoms with E-state index in [4.69, 9.17) is 21.8 Å². The average molecular weight is 516 g/mol. The zero-order valence-electron chi connectivity index (χ0n) is 18.8. The second-order valence-corrected chi connectivity index (χ2v) is 11.8. The van der Waals surface area contributed by atoms with Crippen LogP contribution in [0, 0.1) is 0 Å². The molecule has 8 heteroatoms. The number of rotatable bonds is 11. The maximum Gasteiger partial charge on any atom is 0.304 e. The number of hydrogen-bond donors (Lipinski definition) is 2. The number of benzene rings is 2. The maximum atomic E-state index is 11.1. The van der Waals surface area contributed by atoms with E-state index in [9.17, 15) is 9.59 Å². The van der Waals surface area contributed by atoms with Crippen molar-refractivity contribution in [3.05, 3.63) is 76.4 Å². The normalized spacial score (nSPS) is 14.2. The van der Waals surface area contributed by atoms with Crippen LogP contribution in [-0.4, -0.2) is 37.6 Å². The summed E-state index contributed by atoms with van der Waals surface area (Å²) in [5.74, 6) is -1.69. The second-order valence-electron chi connectivity index (χ2n) is 8.00. The molecule has 1 aromatic heterocycles. The van der Waals surface area contributed by atoms with Crippen LogP contribution in [-0.2, 0) is 9.59 Å². The molecule has 0 saturated carbocycles. The van der Waals surface area contributed by atoms with Gasteiger partial charge in [0.25, 0.3) is 0 Å². The van der Waals surface area contributed by atoms with E-state index < -0.39 is 11.9 Å². The van der Waals surface area contributed by atoms with E-state index in [1.807, 2.05) is 74.5 Å². The summed E-state index contributed by atoms with van der Waals surface area (Å²) in [5.41, 5.74) is 3.64. The van der Waals surface area contributed by atoms with Crippen molar-refractivity contribution in [3.63, 3.8) is 0 Å². The SMILES string of the molecule is CC(CC(=O)O)SC(SC(C)CC(=O)O)c1cccc(C=Cc2ccc3ccc(Cl)cc3n2)c1. The molecule has 0 amide bonds. The Morgan fingerprint density at radius 1 is 0.941 bits per heavy atom.